The molecule has 0 saturated heterocycles. The van der Waals surface area contributed by atoms with E-state index in [1.165, 1.54) is 0 Å². The summed E-state index contributed by atoms with van der Waals surface area (Å²) in [6, 6.07) is 0. The van der Waals surface area contributed by atoms with Crippen LogP contribution < -0.4 is 0 Å². The quantitative estimate of drug-likeness (QED) is 0.427. The Balaban J connectivity index is 0. The van der Waals surface area contributed by atoms with Crippen molar-refractivity contribution in [1.82, 2.24) is 5.01 Å². The Bertz CT molecular complexity index is 106. The minimum atomic E-state index is 0.947. The first kappa shape index (κ1) is 11.9. The van der Waals surface area contributed by atoms with Gasteiger partial charge in [0.25, 0.3) is 0 Å². The molecular formula is C8H18N2. The van der Waals surface area contributed by atoms with Crippen molar-refractivity contribution in [3.63, 3.8) is 0 Å². The van der Waals surface area contributed by atoms with Crippen LogP contribution in [0.3, 0.4) is 0 Å². The van der Waals surface area contributed by atoms with Crippen LogP contribution in [0.25, 0.3) is 0 Å². The van der Waals surface area contributed by atoms with Gasteiger partial charge in [0.1, 0.15) is 0 Å². The van der Waals surface area contributed by atoms with E-state index in [0.29, 0.717) is 0 Å². The van der Waals surface area contributed by atoms with Crippen molar-refractivity contribution in [2.45, 2.75) is 27.7 Å². The Morgan fingerprint density at radius 2 is 1.90 bits per heavy atom. The third-order valence-electron chi connectivity index (χ3n) is 0.841. The summed E-state index contributed by atoms with van der Waals surface area (Å²) >= 11 is 0. The van der Waals surface area contributed by atoms with Crippen LogP contribution in [0.2, 0.25) is 0 Å². The van der Waals surface area contributed by atoms with Crippen LogP contribution in [0.4, 0.5) is 0 Å². The van der Waals surface area contributed by atoms with Gasteiger partial charge < -0.3 is 0 Å². The molecule has 0 aliphatic rings. The van der Waals surface area contributed by atoms with Crippen molar-refractivity contribution < 1.29 is 0 Å². The van der Waals surface area contributed by atoms with E-state index in [4.69, 9.17) is 0 Å². The maximum absolute atomic E-state index is 3.93. The molecule has 0 aromatic rings. The molecule has 0 fully saturated rings. The van der Waals surface area contributed by atoms with Gasteiger partial charge in [-0.3, -0.25) is 5.01 Å². The zero-order chi connectivity index (χ0) is 8.57. The standard InChI is InChI=1S/C6H12N2.C2H6/c1-5-7-8(4)6(2)3;1-2/h5H,2H2,1,3-4H3;1-2H3/b7-5-;. The van der Waals surface area contributed by atoms with Crippen LogP contribution in [-0.2, 0) is 0 Å². The highest BCUT2D eigenvalue weighted by Gasteiger charge is 1.85. The van der Waals surface area contributed by atoms with E-state index in [1.54, 1.807) is 11.2 Å². The molecule has 60 valence electrons. The van der Waals surface area contributed by atoms with Gasteiger partial charge in [0.2, 0.25) is 0 Å². The molecule has 0 aromatic heterocycles. The van der Waals surface area contributed by atoms with Crippen LogP contribution >= 0.6 is 0 Å². The Morgan fingerprint density at radius 1 is 1.50 bits per heavy atom. The van der Waals surface area contributed by atoms with Gasteiger partial charge in [0, 0.05) is 19.0 Å². The van der Waals surface area contributed by atoms with E-state index in [2.05, 4.69) is 11.7 Å². The van der Waals surface area contributed by atoms with Gasteiger partial charge in [0.15, 0.2) is 0 Å². The molecule has 0 spiro atoms. The molecule has 0 atom stereocenters. The lowest BCUT2D eigenvalue weighted by atomic mass is 10.6. The molecule has 0 amide bonds. The second-order valence-corrected chi connectivity index (χ2v) is 1.63. The van der Waals surface area contributed by atoms with Crippen molar-refractivity contribution in [1.29, 1.82) is 0 Å². The number of hydrazone groups is 1. The highest BCUT2D eigenvalue weighted by atomic mass is 15.4. The van der Waals surface area contributed by atoms with Crippen LogP contribution in [0.15, 0.2) is 17.4 Å². The molecular weight excluding hydrogens is 124 g/mol. The summed E-state index contributed by atoms with van der Waals surface area (Å²) in [5, 5.41) is 5.66. The smallest absolute Gasteiger partial charge is 0.0299 e. The lowest BCUT2D eigenvalue weighted by Gasteiger charge is -2.09. The average Bonchev–Trinajstić information content (AvgIpc) is 1.93. The molecule has 0 unspecified atom stereocenters. The zero-order valence-electron chi connectivity index (χ0n) is 7.68. The molecule has 2 nitrogen and oxygen atoms in total. The predicted molar refractivity (Wildman–Crippen MR) is 48.1 cm³/mol. The van der Waals surface area contributed by atoms with E-state index >= 15 is 0 Å². The van der Waals surface area contributed by atoms with Crippen LogP contribution in [0, 0.1) is 0 Å². The second-order valence-electron chi connectivity index (χ2n) is 1.63. The van der Waals surface area contributed by atoms with Crippen molar-refractivity contribution >= 4 is 6.21 Å². The van der Waals surface area contributed by atoms with Gasteiger partial charge >= 0.3 is 0 Å². The molecule has 0 aromatic carbocycles. The molecule has 0 N–H and O–H groups in total. The Hall–Kier alpha value is -0.790. The van der Waals surface area contributed by atoms with Gasteiger partial charge in [-0.05, 0) is 13.8 Å². The fraction of sp³-hybridized carbons (Fsp3) is 0.625. The molecule has 0 saturated carbocycles. The molecule has 0 aliphatic heterocycles. The Labute approximate surface area is 64.2 Å². The topological polar surface area (TPSA) is 15.6 Å². The monoisotopic (exact) mass is 142 g/mol. The van der Waals surface area contributed by atoms with Crippen LogP contribution in [0.1, 0.15) is 27.7 Å². The first-order valence-electron chi connectivity index (χ1n) is 3.56. The second kappa shape index (κ2) is 8.21. The van der Waals surface area contributed by atoms with E-state index < -0.39 is 0 Å². The molecule has 0 radical (unpaired) electrons. The third-order valence-corrected chi connectivity index (χ3v) is 0.841. The van der Waals surface area contributed by atoms with Gasteiger partial charge in [-0.2, -0.15) is 5.10 Å². The summed E-state index contributed by atoms with van der Waals surface area (Å²) in [7, 11) is 1.86. The summed E-state index contributed by atoms with van der Waals surface area (Å²) in [5.41, 5.74) is 0.947. The van der Waals surface area contributed by atoms with Crippen molar-refractivity contribution in [3.05, 3.63) is 12.3 Å². The fourth-order valence-corrected chi connectivity index (χ4v) is 0.272. The first-order chi connectivity index (χ1) is 4.68. The number of rotatable bonds is 2. The van der Waals surface area contributed by atoms with Gasteiger partial charge in [-0.1, -0.05) is 20.4 Å². The lowest BCUT2D eigenvalue weighted by molar-refractivity contribution is 0.452. The van der Waals surface area contributed by atoms with Crippen LogP contribution in [0.5, 0.6) is 0 Å². The summed E-state index contributed by atoms with van der Waals surface area (Å²) < 4.78 is 0. The van der Waals surface area contributed by atoms with E-state index in [1.807, 2.05) is 34.7 Å². The number of hydrogen-bond acceptors (Lipinski definition) is 2. The highest BCUT2D eigenvalue weighted by molar-refractivity contribution is 5.52. The summed E-state index contributed by atoms with van der Waals surface area (Å²) in [5.74, 6) is 0. The van der Waals surface area contributed by atoms with Crippen molar-refractivity contribution in [2.75, 3.05) is 7.05 Å². The lowest BCUT2D eigenvalue weighted by Crippen LogP contribution is -2.05. The highest BCUT2D eigenvalue weighted by Crippen LogP contribution is 1.93. The third kappa shape index (κ3) is 7.21. The molecule has 10 heavy (non-hydrogen) atoms. The van der Waals surface area contributed by atoms with Gasteiger partial charge in [0.05, 0.1) is 0 Å². The largest absolute Gasteiger partial charge is 0.274 e. The Morgan fingerprint density at radius 3 is 2.00 bits per heavy atom. The number of allylic oxidation sites excluding steroid dienone is 1. The molecule has 0 bridgehead atoms. The minimum Gasteiger partial charge on any atom is -0.274 e. The van der Waals surface area contributed by atoms with E-state index in [9.17, 15) is 0 Å². The maximum Gasteiger partial charge on any atom is 0.0299 e. The summed E-state index contributed by atoms with van der Waals surface area (Å²) in [6.07, 6.45) is 1.73. The van der Waals surface area contributed by atoms with Crippen molar-refractivity contribution in [3.8, 4) is 0 Å². The van der Waals surface area contributed by atoms with Crippen LogP contribution in [-0.4, -0.2) is 18.3 Å². The normalized spacial score (nSPS) is 8.50. The number of nitrogens with zero attached hydrogens (tertiary/aromatic N) is 2. The average molecular weight is 142 g/mol. The Kier molecular flexibility index (Phi) is 9.80. The fourth-order valence-electron chi connectivity index (χ4n) is 0.272. The first-order valence-corrected chi connectivity index (χ1v) is 3.56. The molecule has 0 aliphatic carbocycles. The molecule has 0 heterocycles. The van der Waals surface area contributed by atoms with E-state index in [0.717, 1.165) is 5.70 Å². The van der Waals surface area contributed by atoms with Crippen molar-refractivity contribution in [2.24, 2.45) is 5.10 Å². The number of hydrogen-bond donors (Lipinski definition) is 0. The SMILES string of the molecule is C=C(C)N(C)/N=C\C.CC. The maximum atomic E-state index is 3.93. The minimum absolute atomic E-state index is 0.947. The zero-order valence-corrected chi connectivity index (χ0v) is 7.68. The van der Waals surface area contributed by atoms with Gasteiger partial charge in [-0.25, -0.2) is 0 Å². The van der Waals surface area contributed by atoms with Gasteiger partial charge in [-0.15, -0.1) is 0 Å². The summed E-state index contributed by atoms with van der Waals surface area (Å²) in [4.78, 5) is 0. The predicted octanol–water partition coefficient (Wildman–Crippen LogP) is 2.48. The molecule has 2 heteroatoms. The molecule has 0 rings (SSSR count). The van der Waals surface area contributed by atoms with E-state index in [-0.39, 0.29) is 0 Å². The summed E-state index contributed by atoms with van der Waals surface area (Å²) in [6.45, 7) is 11.5.